The van der Waals surface area contributed by atoms with Crippen LogP contribution < -0.4 is 0 Å². The standard InChI is InChI=1S/C46H83O10P/c1-3-5-7-9-11-13-15-17-19-21-23-25-27-29-31-33-35-37-45(49)53-41-44(42-55-57(51,52)54-40-43(48)39-47)56-46(50)38-36-34-32-30-28-26-24-22-20-18-16-14-12-10-8-6-4-2/h11,13,17-20,23,25,43-44,47-48H,3-10,12,14-16,21-22,24,26-42H2,1-2H3,(H,51,52)/b13-11+,19-17+,20-18+,25-23+/t43-,44+/m0/s1. The smallest absolute Gasteiger partial charge is 0.462 e. The lowest BCUT2D eigenvalue weighted by Gasteiger charge is -2.20. The van der Waals surface area contributed by atoms with Crippen molar-refractivity contribution in [3.8, 4) is 0 Å². The highest BCUT2D eigenvalue weighted by atomic mass is 31.2. The van der Waals surface area contributed by atoms with E-state index in [1.807, 2.05) is 0 Å². The number of hydrogen-bond donors (Lipinski definition) is 3. The zero-order valence-corrected chi connectivity index (χ0v) is 36.9. The second kappa shape index (κ2) is 42.1. The number of ether oxygens (including phenoxy) is 2. The summed E-state index contributed by atoms with van der Waals surface area (Å²) in [5.74, 6) is -0.954. The summed E-state index contributed by atoms with van der Waals surface area (Å²) in [7, 11) is -4.63. The first kappa shape index (κ1) is 54.9. The first-order valence-corrected chi connectivity index (χ1v) is 24.1. The molecule has 10 nitrogen and oxygen atoms in total. The van der Waals surface area contributed by atoms with Crippen molar-refractivity contribution in [3.63, 3.8) is 0 Å². The number of allylic oxidation sites excluding steroid dienone is 8. The van der Waals surface area contributed by atoms with Gasteiger partial charge in [0.15, 0.2) is 6.10 Å². The third-order valence-corrected chi connectivity index (χ3v) is 10.4. The van der Waals surface area contributed by atoms with Crippen molar-refractivity contribution in [1.82, 2.24) is 0 Å². The normalized spacial score (nSPS) is 14.3. The quantitative estimate of drug-likeness (QED) is 0.0235. The maximum absolute atomic E-state index is 12.6. The van der Waals surface area contributed by atoms with Crippen LogP contribution in [-0.2, 0) is 32.7 Å². The van der Waals surface area contributed by atoms with Gasteiger partial charge in [0, 0.05) is 12.8 Å². The molecule has 1 unspecified atom stereocenters. The van der Waals surface area contributed by atoms with Crippen molar-refractivity contribution in [3.05, 3.63) is 48.6 Å². The molecule has 0 aromatic heterocycles. The monoisotopic (exact) mass is 827 g/mol. The molecule has 0 bridgehead atoms. The number of carbonyl (C=O) groups is 2. The average molecular weight is 827 g/mol. The molecule has 0 aliphatic heterocycles. The van der Waals surface area contributed by atoms with Crippen molar-refractivity contribution in [2.45, 2.75) is 206 Å². The second-order valence-corrected chi connectivity index (χ2v) is 16.5. The molecule has 0 saturated heterocycles. The van der Waals surface area contributed by atoms with E-state index in [0.29, 0.717) is 12.8 Å². The summed E-state index contributed by atoms with van der Waals surface area (Å²) < 4.78 is 32.7. The van der Waals surface area contributed by atoms with Crippen LogP contribution >= 0.6 is 7.82 Å². The fourth-order valence-corrected chi connectivity index (χ4v) is 6.72. The number of phosphoric ester groups is 1. The maximum atomic E-state index is 12.6. The number of rotatable bonds is 42. The lowest BCUT2D eigenvalue weighted by molar-refractivity contribution is -0.161. The van der Waals surface area contributed by atoms with E-state index in [2.05, 4.69) is 62.5 Å². The van der Waals surface area contributed by atoms with Crippen LogP contribution in [0.2, 0.25) is 0 Å². The average Bonchev–Trinajstić information content (AvgIpc) is 3.20. The zero-order chi connectivity index (χ0) is 41.9. The minimum absolute atomic E-state index is 0.173. The number of aliphatic hydroxyl groups excluding tert-OH is 2. The predicted molar refractivity (Wildman–Crippen MR) is 233 cm³/mol. The summed E-state index contributed by atoms with van der Waals surface area (Å²) in [6.07, 6.45) is 45.0. The Morgan fingerprint density at radius 3 is 1.42 bits per heavy atom. The Kier molecular flexibility index (Phi) is 40.5. The molecule has 0 radical (unpaired) electrons. The third-order valence-electron chi connectivity index (χ3n) is 9.46. The molecule has 0 aromatic carbocycles. The second-order valence-electron chi connectivity index (χ2n) is 15.1. The highest BCUT2D eigenvalue weighted by Crippen LogP contribution is 2.43. The Hall–Kier alpha value is -2.07. The van der Waals surface area contributed by atoms with E-state index >= 15 is 0 Å². The molecular weight excluding hydrogens is 743 g/mol. The molecular formula is C46H83O10P. The molecule has 0 rings (SSSR count). The van der Waals surface area contributed by atoms with Crippen LogP contribution in [0, 0.1) is 0 Å². The molecule has 0 fully saturated rings. The van der Waals surface area contributed by atoms with Crippen LogP contribution in [0.4, 0.5) is 0 Å². The van der Waals surface area contributed by atoms with Crippen molar-refractivity contribution < 1.29 is 47.8 Å². The minimum atomic E-state index is -4.63. The van der Waals surface area contributed by atoms with Gasteiger partial charge in [0.25, 0.3) is 0 Å². The van der Waals surface area contributed by atoms with Gasteiger partial charge in [-0.25, -0.2) is 4.57 Å². The van der Waals surface area contributed by atoms with E-state index in [1.54, 1.807) is 0 Å². The largest absolute Gasteiger partial charge is 0.472 e. The van der Waals surface area contributed by atoms with Gasteiger partial charge in [-0.15, -0.1) is 0 Å². The molecule has 0 heterocycles. The highest BCUT2D eigenvalue weighted by Gasteiger charge is 2.27. The number of aliphatic hydroxyl groups is 2. The van der Waals surface area contributed by atoms with Gasteiger partial charge in [0.1, 0.15) is 12.7 Å². The third kappa shape index (κ3) is 41.9. The van der Waals surface area contributed by atoms with Crippen molar-refractivity contribution in [1.29, 1.82) is 0 Å². The molecule has 0 saturated carbocycles. The number of unbranched alkanes of at least 4 members (excludes halogenated alkanes) is 20. The Labute approximate surface area is 347 Å². The SMILES string of the molecule is CCCCC/C=C/C/C=C/C/C=C/CCCCCCC(=O)OC[C@H](COP(=O)(O)OC[C@@H](O)CO)OC(=O)CCCCCCCCC/C=C/CCCCCCCC. The number of hydrogen-bond acceptors (Lipinski definition) is 9. The van der Waals surface area contributed by atoms with Crippen LogP contribution in [0.1, 0.15) is 194 Å². The van der Waals surface area contributed by atoms with Gasteiger partial charge in [-0.3, -0.25) is 18.6 Å². The first-order valence-electron chi connectivity index (χ1n) is 22.6. The fraction of sp³-hybridized carbons (Fsp3) is 0.783. The number of phosphoric acid groups is 1. The van der Waals surface area contributed by atoms with E-state index in [4.69, 9.17) is 23.6 Å². The van der Waals surface area contributed by atoms with E-state index < -0.39 is 51.8 Å². The molecule has 0 spiro atoms. The van der Waals surface area contributed by atoms with Crippen LogP contribution in [0.25, 0.3) is 0 Å². The summed E-state index contributed by atoms with van der Waals surface area (Å²) in [6, 6.07) is 0. The van der Waals surface area contributed by atoms with Gasteiger partial charge in [-0.2, -0.15) is 0 Å². The zero-order valence-electron chi connectivity index (χ0n) is 36.0. The van der Waals surface area contributed by atoms with E-state index in [1.165, 1.54) is 89.9 Å². The van der Waals surface area contributed by atoms with Crippen molar-refractivity contribution >= 4 is 19.8 Å². The van der Waals surface area contributed by atoms with Gasteiger partial charge >= 0.3 is 19.8 Å². The van der Waals surface area contributed by atoms with Gasteiger partial charge in [-0.05, 0) is 77.0 Å². The van der Waals surface area contributed by atoms with Crippen molar-refractivity contribution in [2.24, 2.45) is 0 Å². The van der Waals surface area contributed by atoms with Gasteiger partial charge in [-0.1, -0.05) is 152 Å². The molecule has 3 atom stereocenters. The number of esters is 2. The minimum Gasteiger partial charge on any atom is -0.462 e. The van der Waals surface area contributed by atoms with Crippen LogP contribution in [0.5, 0.6) is 0 Å². The van der Waals surface area contributed by atoms with Gasteiger partial charge < -0.3 is 24.6 Å². The van der Waals surface area contributed by atoms with Crippen LogP contribution in [0.15, 0.2) is 48.6 Å². The predicted octanol–water partition coefficient (Wildman–Crippen LogP) is 12.1. The Bertz CT molecular complexity index is 1090. The maximum Gasteiger partial charge on any atom is 0.472 e. The highest BCUT2D eigenvalue weighted by molar-refractivity contribution is 7.47. The molecule has 0 aliphatic carbocycles. The molecule has 332 valence electrons. The molecule has 0 aliphatic rings. The molecule has 0 amide bonds. The van der Waals surface area contributed by atoms with E-state index in [0.717, 1.165) is 64.2 Å². The lowest BCUT2D eigenvalue weighted by atomic mass is 10.1. The Morgan fingerprint density at radius 1 is 0.526 bits per heavy atom. The molecule has 0 aromatic rings. The van der Waals surface area contributed by atoms with Gasteiger partial charge in [0.05, 0.1) is 19.8 Å². The van der Waals surface area contributed by atoms with E-state index in [-0.39, 0.29) is 19.4 Å². The number of carbonyl (C=O) groups excluding carboxylic acids is 2. The Morgan fingerprint density at radius 2 is 0.912 bits per heavy atom. The summed E-state index contributed by atoms with van der Waals surface area (Å²) >= 11 is 0. The van der Waals surface area contributed by atoms with Crippen LogP contribution in [-0.4, -0.2) is 65.7 Å². The van der Waals surface area contributed by atoms with Gasteiger partial charge in [0.2, 0.25) is 0 Å². The topological polar surface area (TPSA) is 149 Å². The van der Waals surface area contributed by atoms with E-state index in [9.17, 15) is 24.2 Å². The molecule has 3 N–H and O–H groups in total. The Balaban J connectivity index is 4.32. The fourth-order valence-electron chi connectivity index (χ4n) is 5.94. The molecule has 11 heteroatoms. The summed E-state index contributed by atoms with van der Waals surface area (Å²) in [6.45, 7) is 2.32. The summed E-state index contributed by atoms with van der Waals surface area (Å²) in [5.41, 5.74) is 0. The lowest BCUT2D eigenvalue weighted by Crippen LogP contribution is -2.29. The van der Waals surface area contributed by atoms with Crippen LogP contribution in [0.3, 0.4) is 0 Å². The first-order chi connectivity index (χ1) is 27.7. The summed E-state index contributed by atoms with van der Waals surface area (Å²) in [4.78, 5) is 35.0. The molecule has 57 heavy (non-hydrogen) atoms. The summed E-state index contributed by atoms with van der Waals surface area (Å²) in [5, 5.41) is 18.3. The van der Waals surface area contributed by atoms with Crippen molar-refractivity contribution in [2.75, 3.05) is 26.4 Å².